The first-order chi connectivity index (χ1) is 9.97. The van der Waals surface area contributed by atoms with Crippen molar-refractivity contribution in [3.63, 3.8) is 0 Å². The number of hydrogen-bond acceptors (Lipinski definition) is 4. The zero-order valence-corrected chi connectivity index (χ0v) is 17.5. The third-order valence-electron chi connectivity index (χ3n) is 3.24. The molecular formula is C13H33O6PSi2. The zero-order valence-electron chi connectivity index (χ0n) is 14.6. The Morgan fingerprint density at radius 3 is 1.95 bits per heavy atom. The second kappa shape index (κ2) is 10.4. The Balaban J connectivity index is 3.82. The summed E-state index contributed by atoms with van der Waals surface area (Å²) in [5.74, 6) is 0. The third kappa shape index (κ3) is 14.1. The fourth-order valence-electron chi connectivity index (χ4n) is 2.37. The second-order valence-corrected chi connectivity index (χ2v) is 16.9. The summed E-state index contributed by atoms with van der Waals surface area (Å²) in [7, 11) is -7.58. The van der Waals surface area contributed by atoms with Gasteiger partial charge < -0.3 is 18.6 Å². The number of unbranched alkanes of at least 4 members (excludes halogenated alkanes) is 1. The van der Waals surface area contributed by atoms with Gasteiger partial charge in [0.05, 0.1) is 13.2 Å². The Morgan fingerprint density at radius 1 is 0.909 bits per heavy atom. The first-order valence-corrected chi connectivity index (χ1v) is 15.7. The van der Waals surface area contributed by atoms with E-state index >= 15 is 0 Å². The van der Waals surface area contributed by atoms with E-state index in [1.165, 1.54) is 18.9 Å². The van der Waals surface area contributed by atoms with Crippen LogP contribution < -0.4 is 0 Å². The van der Waals surface area contributed by atoms with Gasteiger partial charge in [0.15, 0.2) is 16.6 Å². The fourth-order valence-corrected chi connectivity index (χ4v) is 11.7. The van der Waals surface area contributed by atoms with Crippen LogP contribution in [0.3, 0.4) is 0 Å². The number of ether oxygens (including phenoxy) is 1. The monoisotopic (exact) mass is 372 g/mol. The van der Waals surface area contributed by atoms with Crippen LogP contribution in [0.1, 0.15) is 26.2 Å². The summed E-state index contributed by atoms with van der Waals surface area (Å²) in [6.07, 6.45) is 3.37. The Labute approximate surface area is 137 Å². The molecular weight excluding hydrogens is 339 g/mol. The largest absolute Gasteiger partial charge is 0.469 e. The molecule has 0 heterocycles. The minimum absolute atomic E-state index is 0.0848. The lowest BCUT2D eigenvalue weighted by molar-refractivity contribution is 0.0856. The van der Waals surface area contributed by atoms with Crippen molar-refractivity contribution < 1.29 is 27.7 Å². The quantitative estimate of drug-likeness (QED) is 0.291. The van der Waals surface area contributed by atoms with Crippen molar-refractivity contribution in [1.29, 1.82) is 0 Å². The van der Waals surface area contributed by atoms with Gasteiger partial charge >= 0.3 is 7.82 Å². The highest BCUT2D eigenvalue weighted by molar-refractivity contribution is 7.46. The molecule has 0 rings (SSSR count). The van der Waals surface area contributed by atoms with E-state index in [4.69, 9.17) is 18.6 Å². The average Bonchev–Trinajstić information content (AvgIpc) is 2.32. The first-order valence-electron chi connectivity index (χ1n) is 7.95. The maximum atomic E-state index is 10.5. The smallest absolute Gasteiger partial charge is 0.455 e. The first kappa shape index (κ1) is 22.5. The van der Waals surface area contributed by atoms with Gasteiger partial charge in [-0.3, -0.25) is 4.52 Å². The summed E-state index contributed by atoms with van der Waals surface area (Å²) in [4.78, 5) is 17.0. The molecule has 0 unspecified atom stereocenters. The topological polar surface area (TPSA) is 85.2 Å². The lowest BCUT2D eigenvalue weighted by Crippen LogP contribution is -2.44. The molecule has 0 amide bonds. The van der Waals surface area contributed by atoms with Crippen molar-refractivity contribution >= 4 is 24.5 Å². The van der Waals surface area contributed by atoms with Crippen molar-refractivity contribution in [1.82, 2.24) is 0 Å². The highest BCUT2D eigenvalue weighted by Gasteiger charge is 2.31. The number of phosphoric acid groups is 1. The second-order valence-electron chi connectivity index (χ2n) is 6.76. The van der Waals surface area contributed by atoms with Crippen molar-refractivity contribution in [2.75, 3.05) is 19.8 Å². The number of rotatable bonds is 13. The van der Waals surface area contributed by atoms with Crippen LogP contribution >= 0.6 is 7.82 Å². The molecule has 22 heavy (non-hydrogen) atoms. The molecule has 0 saturated carbocycles. The normalized spacial score (nSPS) is 13.6. The van der Waals surface area contributed by atoms with Gasteiger partial charge in [-0.2, -0.15) is 0 Å². The summed E-state index contributed by atoms with van der Waals surface area (Å²) in [6.45, 7) is 12.0. The Hall–Kier alpha value is 0.464. The SMILES string of the molecule is CCCC[Si](C)(C)O[Si](C)(C)CCCOCCOP(=O)(O)O. The van der Waals surface area contributed by atoms with Crippen molar-refractivity contribution in [2.24, 2.45) is 0 Å². The van der Waals surface area contributed by atoms with Gasteiger partial charge in [0.2, 0.25) is 0 Å². The Kier molecular flexibility index (Phi) is 10.6. The van der Waals surface area contributed by atoms with Crippen molar-refractivity contribution in [2.45, 2.75) is 64.5 Å². The maximum absolute atomic E-state index is 10.5. The molecule has 9 heteroatoms. The van der Waals surface area contributed by atoms with Crippen LogP contribution in [-0.2, 0) is 17.9 Å². The van der Waals surface area contributed by atoms with Crippen LogP contribution in [0.4, 0.5) is 0 Å². The van der Waals surface area contributed by atoms with E-state index in [1.807, 2.05) is 0 Å². The maximum Gasteiger partial charge on any atom is 0.469 e. The number of hydrogen-bond donors (Lipinski definition) is 2. The molecule has 0 spiro atoms. The van der Waals surface area contributed by atoms with Crippen LogP contribution in [-0.4, -0.2) is 46.2 Å². The van der Waals surface area contributed by atoms with Gasteiger partial charge in [-0.25, -0.2) is 4.57 Å². The van der Waals surface area contributed by atoms with E-state index < -0.39 is 24.5 Å². The number of phosphoric ester groups is 1. The van der Waals surface area contributed by atoms with Gasteiger partial charge in [0.25, 0.3) is 0 Å². The lowest BCUT2D eigenvalue weighted by Gasteiger charge is -2.34. The van der Waals surface area contributed by atoms with Crippen LogP contribution in [0.5, 0.6) is 0 Å². The third-order valence-corrected chi connectivity index (χ3v) is 11.3. The molecule has 6 nitrogen and oxygen atoms in total. The van der Waals surface area contributed by atoms with Crippen LogP contribution in [0.25, 0.3) is 0 Å². The van der Waals surface area contributed by atoms with E-state index in [2.05, 4.69) is 37.6 Å². The molecule has 0 fully saturated rings. The van der Waals surface area contributed by atoms with Crippen LogP contribution in [0.15, 0.2) is 0 Å². The van der Waals surface area contributed by atoms with Crippen LogP contribution in [0.2, 0.25) is 38.3 Å². The minimum Gasteiger partial charge on any atom is -0.455 e. The summed E-state index contributed by atoms with van der Waals surface area (Å²) >= 11 is 0. The van der Waals surface area contributed by atoms with Gasteiger partial charge in [-0.05, 0) is 44.7 Å². The summed E-state index contributed by atoms with van der Waals surface area (Å²) in [5, 5.41) is 0. The van der Waals surface area contributed by atoms with Gasteiger partial charge in [0.1, 0.15) is 0 Å². The highest BCUT2D eigenvalue weighted by atomic mass is 31.2. The summed E-state index contributed by atoms with van der Waals surface area (Å²) < 4.78 is 26.6. The Morgan fingerprint density at radius 2 is 1.45 bits per heavy atom. The molecule has 2 N–H and O–H groups in total. The van der Waals surface area contributed by atoms with Gasteiger partial charge in [-0.1, -0.05) is 19.8 Å². The molecule has 0 aromatic carbocycles. The van der Waals surface area contributed by atoms with E-state index in [9.17, 15) is 4.57 Å². The van der Waals surface area contributed by atoms with Gasteiger partial charge in [0, 0.05) is 6.61 Å². The summed E-state index contributed by atoms with van der Waals surface area (Å²) in [5.41, 5.74) is 0. The molecule has 0 aliphatic carbocycles. The zero-order chi connectivity index (χ0) is 17.3. The molecule has 0 atom stereocenters. The fraction of sp³-hybridized carbons (Fsp3) is 1.00. The van der Waals surface area contributed by atoms with Crippen LogP contribution in [0, 0.1) is 0 Å². The van der Waals surface area contributed by atoms with E-state index in [-0.39, 0.29) is 13.2 Å². The molecule has 0 aliphatic rings. The molecule has 0 aromatic heterocycles. The molecule has 0 radical (unpaired) electrons. The minimum atomic E-state index is -4.37. The lowest BCUT2D eigenvalue weighted by atomic mass is 10.4. The van der Waals surface area contributed by atoms with E-state index in [0.717, 1.165) is 12.5 Å². The Bertz CT molecular complexity index is 345. The standard InChI is InChI=1S/C13H33O6PSi2/c1-6-7-12-21(2,3)19-22(4,5)13-8-9-17-10-11-18-20(14,15)16/h6-13H2,1-5H3,(H2,14,15,16). The van der Waals surface area contributed by atoms with E-state index in [0.29, 0.717) is 6.61 Å². The molecule has 0 aliphatic heterocycles. The predicted octanol–water partition coefficient (Wildman–Crippen LogP) is 3.73. The molecule has 134 valence electrons. The molecule has 0 bridgehead atoms. The van der Waals surface area contributed by atoms with Crippen molar-refractivity contribution in [3.8, 4) is 0 Å². The summed E-state index contributed by atoms with van der Waals surface area (Å²) in [6, 6.07) is 2.26. The predicted molar refractivity (Wildman–Crippen MR) is 94.0 cm³/mol. The highest BCUT2D eigenvalue weighted by Crippen LogP contribution is 2.35. The van der Waals surface area contributed by atoms with E-state index in [1.54, 1.807) is 0 Å². The molecule has 0 aromatic rings. The van der Waals surface area contributed by atoms with Gasteiger partial charge in [-0.15, -0.1) is 0 Å². The van der Waals surface area contributed by atoms with Crippen molar-refractivity contribution in [3.05, 3.63) is 0 Å². The molecule has 0 saturated heterocycles. The average molecular weight is 373 g/mol.